The molecule has 0 radical (unpaired) electrons. The van der Waals surface area contributed by atoms with Crippen molar-refractivity contribution in [3.8, 4) is 22.5 Å². The fourth-order valence-corrected chi connectivity index (χ4v) is 2.86. The lowest BCUT2D eigenvalue weighted by atomic mass is 10.0. The Balaban J connectivity index is 2.02. The summed E-state index contributed by atoms with van der Waals surface area (Å²) in [5.74, 6) is 0. The Labute approximate surface area is 146 Å². The second kappa shape index (κ2) is 5.69. The number of hydrogen-bond donors (Lipinski definition) is 0. The summed E-state index contributed by atoms with van der Waals surface area (Å²) in [6.45, 7) is 1.76. The Bertz CT molecular complexity index is 1100. The lowest BCUT2D eigenvalue weighted by Gasteiger charge is -2.10. The minimum absolute atomic E-state index is 0.120. The van der Waals surface area contributed by atoms with Crippen LogP contribution in [0, 0.1) is 6.92 Å². The van der Waals surface area contributed by atoms with Gasteiger partial charge in [-0.15, -0.1) is 0 Å². The van der Waals surface area contributed by atoms with Gasteiger partial charge >= 0.3 is 6.18 Å². The van der Waals surface area contributed by atoms with E-state index in [4.69, 9.17) is 4.52 Å². The van der Waals surface area contributed by atoms with Crippen LogP contribution < -0.4 is 0 Å². The highest BCUT2D eigenvalue weighted by Crippen LogP contribution is 2.41. The highest BCUT2D eigenvalue weighted by atomic mass is 19.4. The van der Waals surface area contributed by atoms with Crippen LogP contribution in [0.2, 0.25) is 0 Å². The molecule has 0 N–H and O–H groups in total. The van der Waals surface area contributed by atoms with Crippen molar-refractivity contribution in [2.45, 2.75) is 13.1 Å². The molecule has 4 aromatic rings. The number of halogens is 3. The van der Waals surface area contributed by atoms with Crippen molar-refractivity contribution in [1.29, 1.82) is 0 Å². The molecule has 5 nitrogen and oxygen atoms in total. The van der Waals surface area contributed by atoms with E-state index in [0.717, 1.165) is 6.07 Å². The van der Waals surface area contributed by atoms with Gasteiger partial charge in [-0.05, 0) is 13.0 Å². The minimum Gasteiger partial charge on any atom is -0.335 e. The van der Waals surface area contributed by atoms with Crippen LogP contribution in [0.15, 0.2) is 47.1 Å². The molecule has 0 atom stereocenters. The summed E-state index contributed by atoms with van der Waals surface area (Å²) in [5, 5.41) is 7.77. The van der Waals surface area contributed by atoms with Crippen molar-refractivity contribution in [3.05, 3.63) is 53.9 Å². The summed E-state index contributed by atoms with van der Waals surface area (Å²) in [5.41, 5.74) is 1.02. The maximum absolute atomic E-state index is 13.8. The molecule has 0 saturated heterocycles. The van der Waals surface area contributed by atoms with E-state index in [1.807, 2.05) is 0 Å². The van der Waals surface area contributed by atoms with Gasteiger partial charge in [0.2, 0.25) is 0 Å². The zero-order valence-electron chi connectivity index (χ0n) is 13.9. The molecule has 0 aliphatic carbocycles. The molecule has 3 heterocycles. The van der Waals surface area contributed by atoms with Crippen LogP contribution in [0.1, 0.15) is 11.3 Å². The number of benzene rings is 1. The zero-order chi connectivity index (χ0) is 18.5. The third kappa shape index (κ3) is 2.54. The highest BCUT2D eigenvalue weighted by molar-refractivity contribution is 5.94. The van der Waals surface area contributed by atoms with Crippen LogP contribution in [0.4, 0.5) is 13.2 Å². The largest absolute Gasteiger partial charge is 0.417 e. The van der Waals surface area contributed by atoms with E-state index in [2.05, 4.69) is 15.2 Å². The fourth-order valence-electron chi connectivity index (χ4n) is 2.86. The normalized spacial score (nSPS) is 12.0. The predicted octanol–water partition coefficient (Wildman–Crippen LogP) is 4.62. The van der Waals surface area contributed by atoms with E-state index in [9.17, 15) is 13.2 Å². The second-order valence-electron chi connectivity index (χ2n) is 5.90. The van der Waals surface area contributed by atoms with Crippen LogP contribution >= 0.6 is 0 Å². The van der Waals surface area contributed by atoms with Crippen molar-refractivity contribution in [3.63, 3.8) is 0 Å². The van der Waals surface area contributed by atoms with E-state index >= 15 is 0 Å². The van der Waals surface area contributed by atoms with Gasteiger partial charge in [0.25, 0.3) is 5.71 Å². The molecule has 132 valence electrons. The molecule has 0 bridgehead atoms. The number of nitrogens with zero attached hydrogens (tertiary/aromatic N) is 4. The molecule has 26 heavy (non-hydrogen) atoms. The zero-order valence-corrected chi connectivity index (χ0v) is 13.9. The predicted molar refractivity (Wildman–Crippen MR) is 89.2 cm³/mol. The van der Waals surface area contributed by atoms with Crippen LogP contribution in [-0.2, 0) is 13.2 Å². The smallest absolute Gasteiger partial charge is 0.335 e. The summed E-state index contributed by atoms with van der Waals surface area (Å²) in [6, 6.07) is 9.61. The van der Waals surface area contributed by atoms with Crippen molar-refractivity contribution in [2.24, 2.45) is 7.05 Å². The van der Waals surface area contributed by atoms with Gasteiger partial charge in [0.05, 0.1) is 22.8 Å². The summed E-state index contributed by atoms with van der Waals surface area (Å²) < 4.78 is 48.1. The molecule has 8 heteroatoms. The fraction of sp³-hybridized carbons (Fsp3) is 0.167. The van der Waals surface area contributed by atoms with Crippen molar-refractivity contribution in [1.82, 2.24) is 19.9 Å². The lowest BCUT2D eigenvalue weighted by Crippen LogP contribution is -2.07. The summed E-state index contributed by atoms with van der Waals surface area (Å²) in [4.78, 5) is 4.26. The van der Waals surface area contributed by atoms with E-state index in [0.29, 0.717) is 16.8 Å². The number of pyridine rings is 1. The summed E-state index contributed by atoms with van der Waals surface area (Å²) in [7, 11) is 1.71. The van der Waals surface area contributed by atoms with Gasteiger partial charge in [-0.2, -0.15) is 18.3 Å². The molecule has 0 unspecified atom stereocenters. The average Bonchev–Trinajstić information content (AvgIpc) is 3.18. The highest BCUT2D eigenvalue weighted by Gasteiger charge is 2.36. The Morgan fingerprint density at radius 2 is 1.85 bits per heavy atom. The molecule has 0 aliphatic heterocycles. The third-order valence-corrected chi connectivity index (χ3v) is 4.31. The quantitative estimate of drug-likeness (QED) is 0.525. The molecule has 3 aromatic heterocycles. The van der Waals surface area contributed by atoms with Gasteiger partial charge in [-0.1, -0.05) is 35.5 Å². The van der Waals surface area contributed by atoms with Gasteiger partial charge in [0, 0.05) is 23.9 Å². The molecule has 0 amide bonds. The Kier molecular flexibility index (Phi) is 3.57. The minimum atomic E-state index is -4.58. The average molecular weight is 358 g/mol. The number of rotatable bonds is 2. The maximum atomic E-state index is 13.8. The Morgan fingerprint density at radius 1 is 1.12 bits per heavy atom. The van der Waals surface area contributed by atoms with Gasteiger partial charge in [-0.3, -0.25) is 4.68 Å². The molecular weight excluding hydrogens is 345 g/mol. The molecule has 1 aromatic carbocycles. The monoisotopic (exact) mass is 358 g/mol. The number of alkyl halides is 3. The van der Waals surface area contributed by atoms with E-state index in [-0.39, 0.29) is 22.5 Å². The first-order chi connectivity index (χ1) is 12.4. The summed E-state index contributed by atoms with van der Waals surface area (Å²) in [6.07, 6.45) is -3.10. The molecule has 0 saturated carbocycles. The number of aromatic nitrogens is 4. The van der Waals surface area contributed by atoms with Crippen LogP contribution in [0.25, 0.3) is 33.6 Å². The number of aryl methyl sites for hydroxylation is 1. The van der Waals surface area contributed by atoms with Crippen molar-refractivity contribution < 1.29 is 17.7 Å². The topological polar surface area (TPSA) is 56.7 Å². The summed E-state index contributed by atoms with van der Waals surface area (Å²) >= 11 is 0. The Hall–Kier alpha value is -3.16. The number of fused-ring (bicyclic) bond motifs is 1. The van der Waals surface area contributed by atoms with Crippen molar-refractivity contribution >= 4 is 11.1 Å². The standard InChI is InChI=1S/C18H13F3N4O/c1-10-12(9-22-25(10)2)14-8-13(18(19,20)21)15-16(24-26-17(15)23-14)11-6-4-3-5-7-11/h3-9H,1-2H3. The Morgan fingerprint density at radius 3 is 2.46 bits per heavy atom. The first-order valence-corrected chi connectivity index (χ1v) is 7.78. The maximum Gasteiger partial charge on any atom is 0.417 e. The van der Waals surface area contributed by atoms with E-state index in [1.54, 1.807) is 49.0 Å². The molecule has 0 fully saturated rings. The third-order valence-electron chi connectivity index (χ3n) is 4.31. The van der Waals surface area contributed by atoms with Gasteiger partial charge in [-0.25, -0.2) is 4.98 Å². The molecule has 4 rings (SSSR count). The lowest BCUT2D eigenvalue weighted by molar-refractivity contribution is -0.136. The number of hydrogen-bond acceptors (Lipinski definition) is 4. The SMILES string of the molecule is Cc1c(-c2cc(C(F)(F)F)c3c(-c4ccccc4)noc3n2)cnn1C. The van der Waals surface area contributed by atoms with Gasteiger partial charge in [0.15, 0.2) is 0 Å². The van der Waals surface area contributed by atoms with Crippen LogP contribution in [-0.4, -0.2) is 19.9 Å². The van der Waals surface area contributed by atoms with E-state index < -0.39 is 11.7 Å². The van der Waals surface area contributed by atoms with Crippen LogP contribution in [0.5, 0.6) is 0 Å². The van der Waals surface area contributed by atoms with Crippen LogP contribution in [0.3, 0.4) is 0 Å². The van der Waals surface area contributed by atoms with Gasteiger partial charge < -0.3 is 4.52 Å². The van der Waals surface area contributed by atoms with Gasteiger partial charge in [0.1, 0.15) is 5.69 Å². The first-order valence-electron chi connectivity index (χ1n) is 7.78. The van der Waals surface area contributed by atoms with E-state index in [1.165, 1.54) is 6.20 Å². The first kappa shape index (κ1) is 16.3. The molecular formula is C18H13F3N4O. The molecule has 0 aliphatic rings. The second-order valence-corrected chi connectivity index (χ2v) is 5.90. The molecule has 0 spiro atoms. The van der Waals surface area contributed by atoms with Crippen molar-refractivity contribution in [2.75, 3.05) is 0 Å².